The van der Waals surface area contributed by atoms with E-state index in [1.165, 1.54) is 0 Å². The Morgan fingerprint density at radius 1 is 1.29 bits per heavy atom. The number of carbonyl (C=O) groups excluding carboxylic acids is 2. The minimum Gasteiger partial charge on any atom is -0.444 e. The van der Waals surface area contributed by atoms with Crippen molar-refractivity contribution in [3.05, 3.63) is 33.8 Å². The smallest absolute Gasteiger partial charge is 0.408 e. The van der Waals surface area contributed by atoms with Gasteiger partial charge in [-0.3, -0.25) is 4.79 Å². The summed E-state index contributed by atoms with van der Waals surface area (Å²) in [6.45, 7) is 11.5. The minimum absolute atomic E-state index is 0.0160. The van der Waals surface area contributed by atoms with Gasteiger partial charge in [-0.15, -0.1) is 0 Å². The summed E-state index contributed by atoms with van der Waals surface area (Å²) in [5.41, 5.74) is -0.0938. The van der Waals surface area contributed by atoms with Gasteiger partial charge in [-0.1, -0.05) is 43.1 Å². The second-order valence-electron chi connectivity index (χ2n) is 9.16. The van der Waals surface area contributed by atoms with Crippen molar-refractivity contribution < 1.29 is 23.8 Å². The lowest BCUT2D eigenvalue weighted by Gasteiger charge is -2.30. The number of amides is 2. The lowest BCUT2D eigenvalue weighted by molar-refractivity contribution is -0.173. The number of hydrogen-bond donors (Lipinski definition) is 2. The lowest BCUT2D eigenvalue weighted by Crippen LogP contribution is -2.52. The van der Waals surface area contributed by atoms with Crippen molar-refractivity contribution in [2.24, 2.45) is 5.92 Å². The van der Waals surface area contributed by atoms with Gasteiger partial charge in [0, 0.05) is 10.6 Å². The van der Waals surface area contributed by atoms with Crippen molar-refractivity contribution in [1.82, 2.24) is 10.6 Å². The number of carbonyl (C=O) groups is 2. The molecule has 0 spiro atoms. The average molecular weight is 475 g/mol. The van der Waals surface area contributed by atoms with Crippen LogP contribution >= 0.6 is 23.2 Å². The highest BCUT2D eigenvalue weighted by atomic mass is 35.5. The van der Waals surface area contributed by atoms with Gasteiger partial charge in [0.25, 0.3) is 0 Å². The first-order valence-corrected chi connectivity index (χ1v) is 11.1. The Kier molecular flexibility index (Phi) is 8.62. The fourth-order valence-corrected chi connectivity index (χ4v) is 3.80. The summed E-state index contributed by atoms with van der Waals surface area (Å²) in [6.07, 6.45) is -0.390. The molecule has 0 aliphatic carbocycles. The average Bonchev–Trinajstić information content (AvgIpc) is 2.99. The van der Waals surface area contributed by atoms with E-state index in [2.05, 4.69) is 10.6 Å². The molecule has 7 nitrogen and oxygen atoms in total. The monoisotopic (exact) mass is 474 g/mol. The third-order valence-electron chi connectivity index (χ3n) is 4.49. The molecule has 9 heteroatoms. The summed E-state index contributed by atoms with van der Waals surface area (Å²) >= 11 is 12.4. The Balaban J connectivity index is 2.16. The number of nitrogens with one attached hydrogen (secondary N) is 2. The molecule has 3 unspecified atom stereocenters. The molecule has 31 heavy (non-hydrogen) atoms. The molecule has 0 bridgehead atoms. The first kappa shape index (κ1) is 25.7. The molecular weight excluding hydrogens is 443 g/mol. The Bertz CT molecular complexity index is 797. The zero-order chi connectivity index (χ0) is 23.4. The van der Waals surface area contributed by atoms with E-state index in [-0.39, 0.29) is 24.5 Å². The predicted octanol–water partition coefficient (Wildman–Crippen LogP) is 4.64. The van der Waals surface area contributed by atoms with Crippen LogP contribution in [0.1, 0.15) is 53.5 Å². The van der Waals surface area contributed by atoms with E-state index in [1.807, 2.05) is 20.8 Å². The molecule has 174 valence electrons. The second-order valence-corrected chi connectivity index (χ2v) is 10.0. The molecule has 2 amide bonds. The van der Waals surface area contributed by atoms with E-state index in [0.29, 0.717) is 28.6 Å². The molecule has 1 heterocycles. The van der Waals surface area contributed by atoms with Gasteiger partial charge in [0.1, 0.15) is 11.6 Å². The molecule has 1 saturated heterocycles. The SMILES string of the molecule is CC(C)CC(NC(=O)OC(C)(C)C)C(=O)NCC1(c2ccc(Cl)cc2Cl)OCC(C)O1. The van der Waals surface area contributed by atoms with Gasteiger partial charge >= 0.3 is 6.09 Å². The predicted molar refractivity (Wildman–Crippen MR) is 120 cm³/mol. The van der Waals surface area contributed by atoms with Crippen LogP contribution in [0.2, 0.25) is 10.0 Å². The standard InChI is InChI=1S/C22H32Cl2N2O5/c1-13(2)9-18(26-20(28)31-21(4,5)6)19(27)25-12-22(29-11-14(3)30-22)16-8-7-15(23)10-17(16)24/h7-8,10,13-14,18H,9,11-12H2,1-6H3,(H,25,27)(H,26,28). The van der Waals surface area contributed by atoms with Gasteiger partial charge in [-0.05, 0) is 52.2 Å². The minimum atomic E-state index is -1.24. The van der Waals surface area contributed by atoms with Crippen LogP contribution in [0.25, 0.3) is 0 Å². The zero-order valence-corrected chi connectivity index (χ0v) is 20.4. The van der Waals surface area contributed by atoms with Crippen LogP contribution in [-0.2, 0) is 24.8 Å². The van der Waals surface area contributed by atoms with Crippen LogP contribution in [0, 0.1) is 5.92 Å². The number of benzene rings is 1. The maximum atomic E-state index is 13.0. The van der Waals surface area contributed by atoms with Crippen LogP contribution in [0.4, 0.5) is 4.79 Å². The van der Waals surface area contributed by atoms with Gasteiger partial charge in [0.05, 0.1) is 24.3 Å². The molecule has 0 radical (unpaired) electrons. The summed E-state index contributed by atoms with van der Waals surface area (Å²) in [7, 11) is 0. The maximum Gasteiger partial charge on any atom is 0.408 e. The van der Waals surface area contributed by atoms with E-state index in [0.717, 1.165) is 0 Å². The zero-order valence-electron chi connectivity index (χ0n) is 18.9. The van der Waals surface area contributed by atoms with Crippen LogP contribution in [0.3, 0.4) is 0 Å². The first-order chi connectivity index (χ1) is 14.3. The molecule has 1 fully saturated rings. The molecule has 1 aliphatic rings. The van der Waals surface area contributed by atoms with Crippen molar-refractivity contribution in [3.63, 3.8) is 0 Å². The van der Waals surface area contributed by atoms with Gasteiger partial charge < -0.3 is 24.8 Å². The second kappa shape index (κ2) is 10.4. The number of halogens is 2. The summed E-state index contributed by atoms with van der Waals surface area (Å²) in [5.74, 6) is -1.44. The van der Waals surface area contributed by atoms with Gasteiger partial charge in [0.2, 0.25) is 11.7 Å². The Hall–Kier alpha value is -1.54. The number of rotatable bonds is 7. The van der Waals surface area contributed by atoms with E-state index < -0.39 is 23.5 Å². The number of ether oxygens (including phenoxy) is 3. The quantitative estimate of drug-likeness (QED) is 0.600. The number of hydrogen-bond acceptors (Lipinski definition) is 5. The molecule has 0 aromatic heterocycles. The summed E-state index contributed by atoms with van der Waals surface area (Å²) < 4.78 is 17.3. The largest absolute Gasteiger partial charge is 0.444 e. The van der Waals surface area contributed by atoms with Crippen LogP contribution in [0.15, 0.2) is 18.2 Å². The Morgan fingerprint density at radius 3 is 2.48 bits per heavy atom. The normalized spacial score (nSPS) is 22.3. The van der Waals surface area contributed by atoms with Gasteiger partial charge in [-0.2, -0.15) is 0 Å². The molecule has 1 aromatic rings. The fraction of sp³-hybridized carbons (Fsp3) is 0.636. The lowest BCUT2D eigenvalue weighted by atomic mass is 10.0. The van der Waals surface area contributed by atoms with Crippen LogP contribution in [0.5, 0.6) is 0 Å². The highest BCUT2D eigenvalue weighted by Gasteiger charge is 2.44. The maximum absolute atomic E-state index is 13.0. The Morgan fingerprint density at radius 2 is 1.97 bits per heavy atom. The fourth-order valence-electron chi connectivity index (χ4n) is 3.25. The van der Waals surface area contributed by atoms with E-state index >= 15 is 0 Å². The third kappa shape index (κ3) is 7.52. The molecule has 3 atom stereocenters. The topological polar surface area (TPSA) is 85.9 Å². The first-order valence-electron chi connectivity index (χ1n) is 10.4. The third-order valence-corrected chi connectivity index (χ3v) is 5.04. The van der Waals surface area contributed by atoms with Crippen LogP contribution < -0.4 is 10.6 Å². The molecule has 2 N–H and O–H groups in total. The van der Waals surface area contributed by atoms with E-state index in [4.69, 9.17) is 37.4 Å². The van der Waals surface area contributed by atoms with Crippen molar-refractivity contribution in [2.75, 3.05) is 13.2 Å². The summed E-state index contributed by atoms with van der Waals surface area (Å²) in [5, 5.41) is 6.37. The summed E-state index contributed by atoms with van der Waals surface area (Å²) in [4.78, 5) is 25.2. The molecule has 1 aromatic carbocycles. The van der Waals surface area contributed by atoms with Crippen molar-refractivity contribution in [1.29, 1.82) is 0 Å². The van der Waals surface area contributed by atoms with Crippen molar-refractivity contribution >= 4 is 35.2 Å². The van der Waals surface area contributed by atoms with Crippen molar-refractivity contribution in [2.45, 2.75) is 71.5 Å². The number of alkyl carbamates (subject to hydrolysis) is 1. The molecule has 2 rings (SSSR count). The Labute approximate surface area is 194 Å². The van der Waals surface area contributed by atoms with E-state index in [1.54, 1.807) is 39.0 Å². The highest BCUT2D eigenvalue weighted by molar-refractivity contribution is 6.35. The molecule has 0 saturated carbocycles. The van der Waals surface area contributed by atoms with Gasteiger partial charge in [-0.25, -0.2) is 4.79 Å². The van der Waals surface area contributed by atoms with Crippen molar-refractivity contribution in [3.8, 4) is 0 Å². The van der Waals surface area contributed by atoms with Crippen LogP contribution in [-0.4, -0.2) is 42.9 Å². The van der Waals surface area contributed by atoms with Gasteiger partial charge in [0.15, 0.2) is 0 Å². The van der Waals surface area contributed by atoms with E-state index in [9.17, 15) is 9.59 Å². The highest BCUT2D eigenvalue weighted by Crippen LogP contribution is 2.38. The molecule has 1 aliphatic heterocycles. The summed E-state index contributed by atoms with van der Waals surface area (Å²) in [6, 6.07) is 4.24. The molecular formula is C22H32Cl2N2O5.